The number of carbonyl (C=O) groups is 1. The van der Waals surface area contributed by atoms with E-state index in [9.17, 15) is 9.18 Å². The highest BCUT2D eigenvalue weighted by Crippen LogP contribution is 2.18. The van der Waals surface area contributed by atoms with E-state index in [1.54, 1.807) is 13.0 Å². The summed E-state index contributed by atoms with van der Waals surface area (Å²) >= 11 is 5.84. The molecule has 0 fully saturated rings. The fraction of sp³-hybridized carbons (Fsp3) is 0.200. The van der Waals surface area contributed by atoms with Gasteiger partial charge in [0.05, 0.1) is 22.9 Å². The molecule has 0 N–H and O–H groups in total. The maximum Gasteiger partial charge on any atom is 0.340 e. The van der Waals surface area contributed by atoms with Crippen molar-refractivity contribution in [2.24, 2.45) is 0 Å². The Labute approximate surface area is 126 Å². The molecule has 6 heteroatoms. The van der Waals surface area contributed by atoms with E-state index < -0.39 is 11.8 Å². The van der Waals surface area contributed by atoms with Gasteiger partial charge in [-0.3, -0.25) is 4.98 Å². The van der Waals surface area contributed by atoms with Crippen LogP contribution in [-0.4, -0.2) is 17.6 Å². The van der Waals surface area contributed by atoms with Gasteiger partial charge in [-0.2, -0.15) is 0 Å². The smallest absolute Gasteiger partial charge is 0.340 e. The monoisotopic (exact) mass is 309 g/mol. The number of aromatic nitrogens is 1. The third-order valence-electron chi connectivity index (χ3n) is 2.60. The van der Waals surface area contributed by atoms with E-state index in [0.29, 0.717) is 16.5 Å². The summed E-state index contributed by atoms with van der Waals surface area (Å²) in [5.41, 5.74) is 0.614. The zero-order chi connectivity index (χ0) is 15.2. The van der Waals surface area contributed by atoms with Crippen LogP contribution in [0.1, 0.15) is 23.0 Å². The average Bonchev–Trinajstić information content (AvgIpc) is 2.46. The van der Waals surface area contributed by atoms with Gasteiger partial charge in [0.2, 0.25) is 0 Å². The minimum absolute atomic E-state index is 0.00870. The highest BCUT2D eigenvalue weighted by molar-refractivity contribution is 6.30. The van der Waals surface area contributed by atoms with E-state index >= 15 is 0 Å². The molecular formula is C15H13ClFNO3. The van der Waals surface area contributed by atoms with Gasteiger partial charge in [0, 0.05) is 12.3 Å². The molecule has 0 bridgehead atoms. The summed E-state index contributed by atoms with van der Waals surface area (Å²) in [6.07, 6.45) is 1.41. The third kappa shape index (κ3) is 4.16. The van der Waals surface area contributed by atoms with E-state index in [1.807, 2.05) is 0 Å². The van der Waals surface area contributed by atoms with Gasteiger partial charge in [0.15, 0.2) is 0 Å². The van der Waals surface area contributed by atoms with Gasteiger partial charge in [-0.05, 0) is 25.1 Å². The molecule has 4 nitrogen and oxygen atoms in total. The minimum atomic E-state index is -0.523. The van der Waals surface area contributed by atoms with Crippen molar-refractivity contribution in [1.82, 2.24) is 4.98 Å². The zero-order valence-corrected chi connectivity index (χ0v) is 12.1. The van der Waals surface area contributed by atoms with Gasteiger partial charge in [0.1, 0.15) is 18.2 Å². The van der Waals surface area contributed by atoms with Crippen LogP contribution < -0.4 is 4.74 Å². The first-order chi connectivity index (χ1) is 10.1. The number of hydrogen-bond acceptors (Lipinski definition) is 4. The summed E-state index contributed by atoms with van der Waals surface area (Å²) in [7, 11) is 0. The summed E-state index contributed by atoms with van der Waals surface area (Å²) in [6, 6.07) is 7.18. The Morgan fingerprint density at radius 3 is 2.90 bits per heavy atom. The topological polar surface area (TPSA) is 48.4 Å². The molecule has 1 aromatic carbocycles. The second-order valence-corrected chi connectivity index (χ2v) is 4.55. The lowest BCUT2D eigenvalue weighted by atomic mass is 10.2. The van der Waals surface area contributed by atoms with E-state index in [-0.39, 0.29) is 18.8 Å². The summed E-state index contributed by atoms with van der Waals surface area (Å²) in [5.74, 6) is -0.575. The molecule has 0 aliphatic carbocycles. The van der Waals surface area contributed by atoms with Crippen molar-refractivity contribution in [3.63, 3.8) is 0 Å². The first-order valence-electron chi connectivity index (χ1n) is 6.30. The molecular weight excluding hydrogens is 297 g/mol. The van der Waals surface area contributed by atoms with E-state index in [2.05, 4.69) is 4.98 Å². The largest absolute Gasteiger partial charge is 0.487 e. The van der Waals surface area contributed by atoms with Crippen LogP contribution in [0.3, 0.4) is 0 Å². The van der Waals surface area contributed by atoms with Gasteiger partial charge in [-0.15, -0.1) is 0 Å². The van der Waals surface area contributed by atoms with Crippen LogP contribution in [0, 0.1) is 5.82 Å². The Hall–Kier alpha value is -2.14. The molecule has 0 aliphatic heterocycles. The maximum atomic E-state index is 13.1. The lowest BCUT2D eigenvalue weighted by Gasteiger charge is -2.10. The molecule has 2 rings (SSSR count). The number of pyridine rings is 1. The van der Waals surface area contributed by atoms with Crippen LogP contribution in [0.2, 0.25) is 5.02 Å². The summed E-state index contributed by atoms with van der Waals surface area (Å²) < 4.78 is 23.4. The highest BCUT2D eigenvalue weighted by atomic mass is 35.5. The van der Waals surface area contributed by atoms with Crippen molar-refractivity contribution in [2.45, 2.75) is 13.5 Å². The number of halogens is 2. The van der Waals surface area contributed by atoms with Crippen LogP contribution in [0.4, 0.5) is 4.39 Å². The van der Waals surface area contributed by atoms with Gasteiger partial charge in [0.25, 0.3) is 0 Å². The molecule has 0 atom stereocenters. The van der Waals surface area contributed by atoms with Crippen LogP contribution in [0.15, 0.2) is 36.5 Å². The maximum absolute atomic E-state index is 13.1. The molecule has 0 saturated carbocycles. The predicted molar refractivity (Wildman–Crippen MR) is 75.9 cm³/mol. The molecule has 1 aromatic heterocycles. The van der Waals surface area contributed by atoms with Crippen LogP contribution in [0.5, 0.6) is 5.75 Å². The quantitative estimate of drug-likeness (QED) is 0.791. The number of esters is 1. The lowest BCUT2D eigenvalue weighted by molar-refractivity contribution is 0.0522. The number of rotatable bonds is 5. The molecule has 21 heavy (non-hydrogen) atoms. The van der Waals surface area contributed by atoms with Gasteiger partial charge < -0.3 is 9.47 Å². The van der Waals surface area contributed by atoms with Crippen molar-refractivity contribution in [3.8, 4) is 5.75 Å². The summed E-state index contributed by atoms with van der Waals surface area (Å²) in [4.78, 5) is 15.9. The zero-order valence-electron chi connectivity index (χ0n) is 11.3. The van der Waals surface area contributed by atoms with Crippen molar-refractivity contribution >= 4 is 17.6 Å². The van der Waals surface area contributed by atoms with E-state index in [1.165, 1.54) is 30.5 Å². The Morgan fingerprint density at radius 1 is 1.38 bits per heavy atom. The molecule has 0 amide bonds. The third-order valence-corrected chi connectivity index (χ3v) is 2.81. The number of benzene rings is 1. The Morgan fingerprint density at radius 2 is 2.19 bits per heavy atom. The molecule has 0 radical (unpaired) electrons. The molecule has 0 spiro atoms. The van der Waals surface area contributed by atoms with Crippen molar-refractivity contribution in [1.29, 1.82) is 0 Å². The van der Waals surface area contributed by atoms with Crippen molar-refractivity contribution < 1.29 is 18.7 Å². The SMILES string of the molecule is CCOC(=O)c1cc(Cl)cnc1COc1cccc(F)c1. The number of nitrogens with zero attached hydrogens (tertiary/aromatic N) is 1. The van der Waals surface area contributed by atoms with Gasteiger partial charge >= 0.3 is 5.97 Å². The fourth-order valence-electron chi connectivity index (χ4n) is 1.68. The van der Waals surface area contributed by atoms with Crippen molar-refractivity contribution in [2.75, 3.05) is 6.61 Å². The molecule has 1 heterocycles. The summed E-state index contributed by atoms with van der Waals surface area (Å²) in [6.45, 7) is 1.96. The molecule has 2 aromatic rings. The predicted octanol–water partition coefficient (Wildman–Crippen LogP) is 3.63. The lowest BCUT2D eigenvalue weighted by Crippen LogP contribution is -2.11. The van der Waals surface area contributed by atoms with Crippen LogP contribution >= 0.6 is 11.6 Å². The number of carbonyl (C=O) groups excluding carboxylic acids is 1. The number of hydrogen-bond donors (Lipinski definition) is 0. The Bertz CT molecular complexity index is 649. The first-order valence-corrected chi connectivity index (χ1v) is 6.68. The number of ether oxygens (including phenoxy) is 2. The second-order valence-electron chi connectivity index (χ2n) is 4.11. The molecule has 0 saturated heterocycles. The van der Waals surface area contributed by atoms with Gasteiger partial charge in [-0.25, -0.2) is 9.18 Å². The Balaban J connectivity index is 2.17. The normalized spacial score (nSPS) is 10.2. The minimum Gasteiger partial charge on any atom is -0.487 e. The fourth-order valence-corrected chi connectivity index (χ4v) is 1.83. The first kappa shape index (κ1) is 15.3. The molecule has 110 valence electrons. The van der Waals surface area contributed by atoms with Crippen LogP contribution in [-0.2, 0) is 11.3 Å². The van der Waals surface area contributed by atoms with Gasteiger partial charge in [-0.1, -0.05) is 17.7 Å². The molecule has 0 unspecified atom stereocenters. The van der Waals surface area contributed by atoms with Crippen molar-refractivity contribution in [3.05, 3.63) is 58.6 Å². The standard InChI is InChI=1S/C15H13ClFNO3/c1-2-20-15(19)13-6-10(16)8-18-14(13)9-21-12-5-3-4-11(17)7-12/h3-8H,2,9H2,1H3. The van der Waals surface area contributed by atoms with Crippen LogP contribution in [0.25, 0.3) is 0 Å². The highest BCUT2D eigenvalue weighted by Gasteiger charge is 2.15. The summed E-state index contributed by atoms with van der Waals surface area (Å²) in [5, 5.41) is 0.326. The van der Waals surface area contributed by atoms with E-state index in [4.69, 9.17) is 21.1 Å². The average molecular weight is 310 g/mol. The Kier molecular flexibility index (Phi) is 5.11. The van der Waals surface area contributed by atoms with E-state index in [0.717, 1.165) is 0 Å². The molecule has 0 aliphatic rings. The second kappa shape index (κ2) is 7.04.